The van der Waals surface area contributed by atoms with E-state index in [-0.39, 0.29) is 11.5 Å². The molecule has 0 amide bonds. The molecule has 1 aliphatic heterocycles. The minimum absolute atomic E-state index is 0.167. The summed E-state index contributed by atoms with van der Waals surface area (Å²) in [5.74, 6) is 0.825. The third-order valence-electron chi connectivity index (χ3n) is 3.85. The van der Waals surface area contributed by atoms with Crippen molar-refractivity contribution in [2.75, 3.05) is 43.4 Å². The van der Waals surface area contributed by atoms with E-state index < -0.39 is 0 Å². The van der Waals surface area contributed by atoms with E-state index in [1.165, 1.54) is 6.07 Å². The fraction of sp³-hybridized carbons (Fsp3) is 0.400. The fourth-order valence-corrected chi connectivity index (χ4v) is 2.64. The van der Waals surface area contributed by atoms with Gasteiger partial charge in [-0.3, -0.25) is 19.7 Å². The number of nitrogen functional groups attached to an aromatic ring is 1. The Morgan fingerprint density at radius 3 is 2.73 bits per heavy atom. The Balaban J connectivity index is 1.53. The first-order valence-electron chi connectivity index (χ1n) is 7.45. The van der Waals surface area contributed by atoms with Crippen molar-refractivity contribution in [1.82, 2.24) is 19.9 Å². The molecule has 0 unspecified atom stereocenters. The molecule has 0 spiro atoms. The van der Waals surface area contributed by atoms with Crippen molar-refractivity contribution in [3.63, 3.8) is 0 Å². The third kappa shape index (κ3) is 3.62. The Labute approximate surface area is 128 Å². The summed E-state index contributed by atoms with van der Waals surface area (Å²) >= 11 is 0. The Morgan fingerprint density at radius 2 is 2.05 bits per heavy atom. The Hall–Kier alpha value is -2.41. The largest absolute Gasteiger partial charge is 0.369 e. The van der Waals surface area contributed by atoms with E-state index >= 15 is 0 Å². The highest BCUT2D eigenvalue weighted by atomic mass is 16.1. The van der Waals surface area contributed by atoms with Gasteiger partial charge < -0.3 is 10.6 Å². The first kappa shape index (κ1) is 14.5. The molecule has 22 heavy (non-hydrogen) atoms. The summed E-state index contributed by atoms with van der Waals surface area (Å²) < 4.78 is 0. The smallest absolute Gasteiger partial charge is 0.254 e. The molecule has 1 aliphatic rings. The van der Waals surface area contributed by atoms with E-state index in [1.807, 2.05) is 18.3 Å². The minimum atomic E-state index is -0.208. The van der Waals surface area contributed by atoms with Gasteiger partial charge in [0, 0.05) is 57.1 Å². The van der Waals surface area contributed by atoms with Crippen molar-refractivity contribution in [1.29, 1.82) is 0 Å². The van der Waals surface area contributed by atoms with Crippen LogP contribution < -0.4 is 16.2 Å². The number of anilines is 2. The zero-order valence-electron chi connectivity index (χ0n) is 12.4. The average Bonchev–Trinajstić information content (AvgIpc) is 2.53. The number of nitrogens with one attached hydrogen (secondary N) is 1. The Morgan fingerprint density at radius 1 is 1.23 bits per heavy atom. The lowest BCUT2D eigenvalue weighted by Gasteiger charge is -2.35. The number of piperazine rings is 1. The van der Waals surface area contributed by atoms with Crippen LogP contribution in [0.2, 0.25) is 0 Å². The monoisotopic (exact) mass is 300 g/mol. The molecule has 2 aromatic heterocycles. The van der Waals surface area contributed by atoms with Crippen molar-refractivity contribution in [2.24, 2.45) is 0 Å². The lowest BCUT2D eigenvalue weighted by Crippen LogP contribution is -2.47. The topological polar surface area (TPSA) is 91.1 Å². The number of pyridine rings is 1. The van der Waals surface area contributed by atoms with Gasteiger partial charge in [-0.1, -0.05) is 6.07 Å². The molecule has 0 bridgehead atoms. The SMILES string of the molecule is Nc1nc(N2CCN(CCc3ccccn3)CC2)cc(=O)[nH]1. The lowest BCUT2D eigenvalue weighted by molar-refractivity contribution is 0.259. The molecule has 0 atom stereocenters. The number of nitrogens with two attached hydrogens (primary N) is 1. The van der Waals surface area contributed by atoms with E-state index in [9.17, 15) is 4.79 Å². The standard InChI is InChI=1S/C15H20N6O/c16-15-18-13(11-14(22)19-15)21-9-7-20(8-10-21)6-4-12-3-1-2-5-17-12/h1-3,5,11H,4,6-10H2,(H3,16,18,19,22). The van der Waals surface area contributed by atoms with E-state index in [2.05, 4.69) is 30.8 Å². The van der Waals surface area contributed by atoms with Crippen LogP contribution in [0.25, 0.3) is 0 Å². The maximum Gasteiger partial charge on any atom is 0.254 e. The van der Waals surface area contributed by atoms with Gasteiger partial charge in [0.15, 0.2) is 0 Å². The Bertz CT molecular complexity index is 663. The van der Waals surface area contributed by atoms with Crippen molar-refractivity contribution in [3.8, 4) is 0 Å². The number of aromatic nitrogens is 3. The number of H-pyrrole nitrogens is 1. The van der Waals surface area contributed by atoms with Gasteiger partial charge in [-0.05, 0) is 12.1 Å². The van der Waals surface area contributed by atoms with Gasteiger partial charge in [0.25, 0.3) is 5.56 Å². The van der Waals surface area contributed by atoms with Gasteiger partial charge in [-0.25, -0.2) is 0 Å². The summed E-state index contributed by atoms with van der Waals surface area (Å²) in [7, 11) is 0. The molecule has 2 aromatic rings. The highest BCUT2D eigenvalue weighted by Gasteiger charge is 2.18. The second-order valence-electron chi connectivity index (χ2n) is 5.39. The second kappa shape index (κ2) is 6.57. The molecular formula is C15H20N6O. The van der Waals surface area contributed by atoms with Gasteiger partial charge in [-0.15, -0.1) is 0 Å². The van der Waals surface area contributed by atoms with Crippen LogP contribution in [0.1, 0.15) is 5.69 Å². The number of aromatic amines is 1. The van der Waals surface area contributed by atoms with E-state index in [0.29, 0.717) is 5.82 Å². The lowest BCUT2D eigenvalue weighted by atomic mass is 10.2. The zero-order chi connectivity index (χ0) is 15.4. The maximum atomic E-state index is 11.5. The quantitative estimate of drug-likeness (QED) is 0.833. The van der Waals surface area contributed by atoms with Crippen LogP contribution in [0.15, 0.2) is 35.3 Å². The molecule has 1 saturated heterocycles. The summed E-state index contributed by atoms with van der Waals surface area (Å²) in [5, 5.41) is 0. The minimum Gasteiger partial charge on any atom is -0.369 e. The third-order valence-corrected chi connectivity index (χ3v) is 3.85. The second-order valence-corrected chi connectivity index (χ2v) is 5.39. The summed E-state index contributed by atoms with van der Waals surface area (Å²) in [6.07, 6.45) is 2.79. The molecule has 7 nitrogen and oxygen atoms in total. The molecule has 3 heterocycles. The van der Waals surface area contributed by atoms with Crippen molar-refractivity contribution in [2.45, 2.75) is 6.42 Å². The van der Waals surface area contributed by atoms with Crippen LogP contribution in [-0.2, 0) is 6.42 Å². The van der Waals surface area contributed by atoms with Gasteiger partial charge in [0.05, 0.1) is 0 Å². The fourth-order valence-electron chi connectivity index (χ4n) is 2.64. The predicted octanol–water partition coefficient (Wildman–Crippen LogP) is 0.112. The normalized spacial score (nSPS) is 15.9. The molecule has 7 heteroatoms. The molecule has 0 radical (unpaired) electrons. The Kier molecular flexibility index (Phi) is 4.34. The van der Waals surface area contributed by atoms with Gasteiger partial charge in [0.1, 0.15) is 5.82 Å². The molecule has 0 saturated carbocycles. The predicted molar refractivity (Wildman–Crippen MR) is 85.9 cm³/mol. The molecule has 3 rings (SSSR count). The molecule has 116 valence electrons. The van der Waals surface area contributed by atoms with Crippen LogP contribution >= 0.6 is 0 Å². The highest BCUT2D eigenvalue weighted by molar-refractivity contribution is 5.41. The average molecular weight is 300 g/mol. The molecule has 0 aliphatic carbocycles. The number of hydrogen-bond donors (Lipinski definition) is 2. The van der Waals surface area contributed by atoms with Gasteiger partial charge >= 0.3 is 0 Å². The number of hydrogen-bond acceptors (Lipinski definition) is 6. The van der Waals surface area contributed by atoms with Crippen molar-refractivity contribution in [3.05, 3.63) is 46.5 Å². The van der Waals surface area contributed by atoms with Crippen LogP contribution in [0.5, 0.6) is 0 Å². The molecule has 3 N–H and O–H groups in total. The summed E-state index contributed by atoms with van der Waals surface area (Å²) in [6, 6.07) is 7.50. The van der Waals surface area contributed by atoms with E-state index in [0.717, 1.165) is 44.8 Å². The first-order valence-corrected chi connectivity index (χ1v) is 7.45. The van der Waals surface area contributed by atoms with E-state index in [1.54, 1.807) is 0 Å². The highest BCUT2D eigenvalue weighted by Crippen LogP contribution is 2.12. The van der Waals surface area contributed by atoms with Gasteiger partial charge in [0.2, 0.25) is 5.95 Å². The van der Waals surface area contributed by atoms with Crippen LogP contribution in [0.4, 0.5) is 11.8 Å². The van der Waals surface area contributed by atoms with Crippen molar-refractivity contribution < 1.29 is 0 Å². The van der Waals surface area contributed by atoms with Gasteiger partial charge in [-0.2, -0.15) is 4.98 Å². The van der Waals surface area contributed by atoms with Crippen LogP contribution in [0, 0.1) is 0 Å². The van der Waals surface area contributed by atoms with Crippen LogP contribution in [0.3, 0.4) is 0 Å². The zero-order valence-corrected chi connectivity index (χ0v) is 12.4. The van der Waals surface area contributed by atoms with Crippen molar-refractivity contribution >= 4 is 11.8 Å². The van der Waals surface area contributed by atoms with Crippen LogP contribution in [-0.4, -0.2) is 52.6 Å². The van der Waals surface area contributed by atoms with E-state index in [4.69, 9.17) is 5.73 Å². The first-order chi connectivity index (χ1) is 10.7. The molecule has 0 aromatic carbocycles. The molecule has 1 fully saturated rings. The number of nitrogens with zero attached hydrogens (tertiary/aromatic N) is 4. The summed E-state index contributed by atoms with van der Waals surface area (Å²) in [4.78, 5) is 27.0. The summed E-state index contributed by atoms with van der Waals surface area (Å²) in [5.41, 5.74) is 6.51. The maximum absolute atomic E-state index is 11.5. The number of rotatable bonds is 4. The summed E-state index contributed by atoms with van der Waals surface area (Å²) in [6.45, 7) is 4.58. The molecular weight excluding hydrogens is 280 g/mol.